The van der Waals surface area contributed by atoms with Crippen LogP contribution >= 0.6 is 19.8 Å². The van der Waals surface area contributed by atoms with Crippen LogP contribution in [0.25, 0.3) is 5.41 Å². The van der Waals surface area contributed by atoms with Crippen LogP contribution in [0.3, 0.4) is 0 Å². The second-order valence-corrected chi connectivity index (χ2v) is 0.258. The maximum atomic E-state index is 7.44. The molecule has 0 saturated heterocycles. The summed E-state index contributed by atoms with van der Waals surface area (Å²) in [4.78, 5) is 0. The van der Waals surface area contributed by atoms with Crippen LogP contribution in [0.15, 0.2) is 0 Å². The molecule has 0 aromatic carbocycles. The maximum Gasteiger partial charge on any atom is 2.00 e. The van der Waals surface area contributed by atoms with Crippen LogP contribution in [-0.4, -0.2) is 6.21 Å². The first kappa shape index (κ1) is 42.0. The second kappa shape index (κ2) is 58.4. The summed E-state index contributed by atoms with van der Waals surface area (Å²) in [5.74, 6) is 0. The molecule has 48 valence electrons. The van der Waals surface area contributed by atoms with Gasteiger partial charge in [0.15, 0.2) is 0 Å². The van der Waals surface area contributed by atoms with Crippen LogP contribution in [0.1, 0.15) is 6.92 Å². The molecule has 0 spiro atoms. The number of hydrogen-bond donors (Lipinski definition) is 0. The topological polar surface area (TPSA) is 22.3 Å². The van der Waals surface area contributed by atoms with E-state index in [9.17, 15) is 0 Å². The molecular formula is C3H13NP2Ru. The molecule has 0 amide bonds. The van der Waals surface area contributed by atoms with Crippen molar-refractivity contribution in [3.05, 3.63) is 12.8 Å². The minimum atomic E-state index is 0. The molecule has 0 heterocycles. The molecule has 4 heteroatoms. The molecule has 7 heavy (non-hydrogen) atoms. The Labute approximate surface area is 65.5 Å². The van der Waals surface area contributed by atoms with E-state index >= 15 is 0 Å². The Morgan fingerprint density at radius 2 is 1.29 bits per heavy atom. The summed E-state index contributed by atoms with van der Waals surface area (Å²) in [5.41, 5.74) is 0. The van der Waals surface area contributed by atoms with Gasteiger partial charge < -0.3 is 12.8 Å². The van der Waals surface area contributed by atoms with Gasteiger partial charge in [-0.2, -0.15) is 19.8 Å². The van der Waals surface area contributed by atoms with Gasteiger partial charge in [-0.1, -0.05) is 6.92 Å². The summed E-state index contributed by atoms with van der Waals surface area (Å²) in [6, 6.07) is 0. The number of nitrogens with zero attached hydrogens (tertiary/aromatic N) is 1. The second-order valence-electron chi connectivity index (χ2n) is 0.258. The van der Waals surface area contributed by atoms with Crippen molar-refractivity contribution in [1.82, 2.24) is 0 Å². The van der Waals surface area contributed by atoms with Gasteiger partial charge in [-0.15, -0.1) is 0 Å². The third-order valence-corrected chi connectivity index (χ3v) is 0. The third-order valence-electron chi connectivity index (χ3n) is 0. The Hall–Kier alpha value is 1.15. The Bertz CT molecular complexity index is 20.4. The molecule has 0 aliphatic carbocycles. The minimum absolute atomic E-state index is 0. The monoisotopic (exact) mass is 227 g/mol. The minimum Gasteiger partial charge on any atom is -0.814 e. The molecule has 0 bridgehead atoms. The summed E-state index contributed by atoms with van der Waals surface area (Å²) < 4.78 is 0. The van der Waals surface area contributed by atoms with E-state index in [1.54, 1.807) is 6.92 Å². The van der Waals surface area contributed by atoms with E-state index in [4.69, 9.17) is 5.41 Å². The predicted octanol–water partition coefficient (Wildman–Crippen LogP) is 1.21. The van der Waals surface area contributed by atoms with Crippen LogP contribution in [0.2, 0.25) is 0 Å². The van der Waals surface area contributed by atoms with E-state index in [0.29, 0.717) is 0 Å². The Morgan fingerprint density at radius 1 is 1.29 bits per heavy atom. The van der Waals surface area contributed by atoms with E-state index in [-0.39, 0.29) is 46.7 Å². The smallest absolute Gasteiger partial charge is 0.814 e. The fraction of sp³-hybridized carbons (Fsp3) is 0.333. The molecular weight excluding hydrogens is 213 g/mol. The average Bonchev–Trinajstić information content (AvgIpc) is 0.918. The van der Waals surface area contributed by atoms with Crippen LogP contribution in [0.4, 0.5) is 0 Å². The van der Waals surface area contributed by atoms with E-state index in [1.807, 2.05) is 0 Å². The van der Waals surface area contributed by atoms with Crippen LogP contribution < -0.4 is 0 Å². The number of hydrogen-bond acceptors (Lipinski definition) is 0. The zero-order chi connectivity index (χ0) is 2.71. The van der Waals surface area contributed by atoms with Gasteiger partial charge in [0.05, 0.1) is 0 Å². The molecule has 1 nitrogen and oxygen atoms in total. The van der Waals surface area contributed by atoms with Crippen molar-refractivity contribution in [3.8, 4) is 0 Å². The van der Waals surface area contributed by atoms with Gasteiger partial charge in [0.2, 0.25) is 0 Å². The Morgan fingerprint density at radius 3 is 1.29 bits per heavy atom. The molecule has 0 radical (unpaired) electrons. The molecule has 0 rings (SSSR count). The van der Waals surface area contributed by atoms with Gasteiger partial charge in [0.25, 0.3) is 0 Å². The Kier molecular flexibility index (Phi) is 350. The quantitative estimate of drug-likeness (QED) is 0.256. The SMILES string of the molecule is CC=[N-].P.P.[CH3-].[Ru+2]. The molecule has 0 fully saturated rings. The van der Waals surface area contributed by atoms with Gasteiger partial charge in [0.1, 0.15) is 0 Å². The maximum absolute atomic E-state index is 7.44. The van der Waals surface area contributed by atoms with Gasteiger partial charge >= 0.3 is 19.5 Å². The van der Waals surface area contributed by atoms with Crippen LogP contribution in [0, 0.1) is 7.43 Å². The largest absolute Gasteiger partial charge is 2.00 e. The first-order chi connectivity index (χ1) is 1.41. The van der Waals surface area contributed by atoms with Crippen molar-refractivity contribution < 1.29 is 19.5 Å². The molecule has 0 saturated carbocycles. The van der Waals surface area contributed by atoms with Crippen LogP contribution in [-0.2, 0) is 19.5 Å². The summed E-state index contributed by atoms with van der Waals surface area (Å²) in [6.07, 6.45) is 1.00. The summed E-state index contributed by atoms with van der Waals surface area (Å²) in [5, 5.41) is 7.44. The van der Waals surface area contributed by atoms with Crippen molar-refractivity contribution >= 4 is 26.0 Å². The average molecular weight is 226 g/mol. The molecule has 0 aromatic rings. The zero-order valence-corrected chi connectivity index (χ0v) is 9.36. The van der Waals surface area contributed by atoms with Crippen molar-refractivity contribution in [2.45, 2.75) is 6.92 Å². The van der Waals surface area contributed by atoms with Crippen molar-refractivity contribution in [1.29, 1.82) is 0 Å². The first-order valence-electron chi connectivity index (χ1n) is 0.836. The molecule has 0 aliphatic heterocycles. The number of rotatable bonds is 0. The van der Waals surface area contributed by atoms with E-state index < -0.39 is 0 Å². The zero-order valence-electron chi connectivity index (χ0n) is 4.79. The van der Waals surface area contributed by atoms with E-state index in [0.717, 1.165) is 6.21 Å². The van der Waals surface area contributed by atoms with Crippen molar-refractivity contribution in [2.75, 3.05) is 0 Å². The predicted molar refractivity (Wildman–Crippen MR) is 43.7 cm³/mol. The molecule has 0 aliphatic rings. The summed E-state index contributed by atoms with van der Waals surface area (Å²) in [7, 11) is 0. The van der Waals surface area contributed by atoms with Gasteiger partial charge in [0, 0.05) is 0 Å². The van der Waals surface area contributed by atoms with Gasteiger partial charge in [-0.3, -0.25) is 0 Å². The molecule has 0 aromatic heterocycles. The van der Waals surface area contributed by atoms with E-state index in [1.165, 1.54) is 0 Å². The van der Waals surface area contributed by atoms with Crippen LogP contribution in [0.5, 0.6) is 0 Å². The third kappa shape index (κ3) is 143. The fourth-order valence-electron chi connectivity index (χ4n) is 0. The normalized spacial score (nSPS) is 1.86. The van der Waals surface area contributed by atoms with E-state index in [2.05, 4.69) is 0 Å². The Balaban J connectivity index is -0.00000000333. The summed E-state index contributed by atoms with van der Waals surface area (Å²) >= 11 is 0. The fourth-order valence-corrected chi connectivity index (χ4v) is 0. The standard InChI is InChI=1S/C2H4N.CH3.2H3P.Ru/c1-2-3;;;;/h2H,1H3;3*1H3;/q2*-1;;;+2. The van der Waals surface area contributed by atoms with Crippen molar-refractivity contribution in [3.63, 3.8) is 0 Å². The first-order valence-corrected chi connectivity index (χ1v) is 0.836. The summed E-state index contributed by atoms with van der Waals surface area (Å²) in [6.45, 7) is 1.56. The molecule has 2 atom stereocenters. The van der Waals surface area contributed by atoms with Gasteiger partial charge in [-0.25, -0.2) is 6.21 Å². The van der Waals surface area contributed by atoms with Crippen molar-refractivity contribution in [2.24, 2.45) is 0 Å². The molecule has 0 N–H and O–H groups in total. The van der Waals surface area contributed by atoms with Gasteiger partial charge in [-0.05, 0) is 0 Å². The molecule has 2 unspecified atom stereocenters.